The summed E-state index contributed by atoms with van der Waals surface area (Å²) in [5, 5.41) is 11.8. The predicted octanol–water partition coefficient (Wildman–Crippen LogP) is 3.87. The molecule has 0 atom stereocenters. The van der Waals surface area contributed by atoms with E-state index in [9.17, 15) is 4.79 Å². The summed E-state index contributed by atoms with van der Waals surface area (Å²) >= 11 is 6.04. The lowest BCUT2D eigenvalue weighted by Gasteiger charge is -2.14. The highest BCUT2D eigenvalue weighted by atomic mass is 35.5. The molecule has 1 aliphatic heterocycles. The molecule has 0 unspecified atom stereocenters. The lowest BCUT2D eigenvalue weighted by Crippen LogP contribution is -2.30. The Labute approximate surface area is 176 Å². The van der Waals surface area contributed by atoms with Gasteiger partial charge in [0.2, 0.25) is 0 Å². The number of nitrogens with zero attached hydrogens (tertiary/aromatic N) is 2. The summed E-state index contributed by atoms with van der Waals surface area (Å²) < 4.78 is 1.94. The molecule has 0 saturated heterocycles. The van der Waals surface area contributed by atoms with Crippen molar-refractivity contribution in [1.29, 1.82) is 0 Å². The van der Waals surface area contributed by atoms with Gasteiger partial charge in [0, 0.05) is 29.4 Å². The van der Waals surface area contributed by atoms with Crippen molar-refractivity contribution in [2.24, 2.45) is 0 Å². The second-order valence-corrected chi connectivity index (χ2v) is 7.66. The minimum absolute atomic E-state index is 0. The van der Waals surface area contributed by atoms with E-state index in [4.69, 9.17) is 16.7 Å². The van der Waals surface area contributed by atoms with E-state index in [1.807, 2.05) is 28.9 Å². The largest absolute Gasteiger partial charge is 0.347 e. The third kappa shape index (κ3) is 4.59. The zero-order chi connectivity index (χ0) is 18.6. The van der Waals surface area contributed by atoms with Crippen molar-refractivity contribution in [2.75, 3.05) is 19.6 Å². The van der Waals surface area contributed by atoms with E-state index in [0.717, 1.165) is 56.4 Å². The highest BCUT2D eigenvalue weighted by Gasteiger charge is 2.24. The van der Waals surface area contributed by atoms with E-state index in [-0.39, 0.29) is 18.3 Å². The van der Waals surface area contributed by atoms with E-state index in [1.54, 1.807) is 0 Å². The SMILES string of the molecule is Cl.O=C(NCC1=CCNCC1)c1nn(-c2ccc(Cl)cc2)c2c1CCCCC2. The Hall–Kier alpha value is -1.82. The average Bonchev–Trinajstić information content (AvgIpc) is 2.89. The van der Waals surface area contributed by atoms with Crippen molar-refractivity contribution < 1.29 is 4.79 Å². The van der Waals surface area contributed by atoms with Crippen LogP contribution in [0, 0.1) is 0 Å². The Kier molecular flexibility index (Phi) is 7.16. The molecule has 2 N–H and O–H groups in total. The molecule has 4 rings (SSSR count). The number of hydrogen-bond donors (Lipinski definition) is 2. The Bertz CT molecular complexity index is 858. The summed E-state index contributed by atoms with van der Waals surface area (Å²) in [7, 11) is 0. The van der Waals surface area contributed by atoms with Gasteiger partial charge < -0.3 is 10.6 Å². The lowest BCUT2D eigenvalue weighted by molar-refractivity contribution is 0.0950. The van der Waals surface area contributed by atoms with E-state index >= 15 is 0 Å². The molecule has 0 saturated carbocycles. The summed E-state index contributed by atoms with van der Waals surface area (Å²) in [5.41, 5.74) is 5.10. The predicted molar refractivity (Wildman–Crippen MR) is 115 cm³/mol. The van der Waals surface area contributed by atoms with Crippen LogP contribution in [0.1, 0.15) is 47.4 Å². The molecule has 1 aliphatic carbocycles. The normalized spacial score (nSPS) is 16.4. The molecule has 1 aromatic carbocycles. The van der Waals surface area contributed by atoms with Gasteiger partial charge >= 0.3 is 0 Å². The van der Waals surface area contributed by atoms with Crippen LogP contribution in [-0.4, -0.2) is 35.3 Å². The van der Waals surface area contributed by atoms with Gasteiger partial charge in [-0.1, -0.05) is 29.7 Å². The first kappa shape index (κ1) is 20.9. The zero-order valence-electron chi connectivity index (χ0n) is 15.8. The number of nitrogens with one attached hydrogen (secondary N) is 2. The van der Waals surface area contributed by atoms with Gasteiger partial charge in [0.15, 0.2) is 5.69 Å². The van der Waals surface area contributed by atoms with Gasteiger partial charge in [-0.15, -0.1) is 12.4 Å². The summed E-state index contributed by atoms with van der Waals surface area (Å²) in [5.74, 6) is -0.0692. The summed E-state index contributed by atoms with van der Waals surface area (Å²) in [6.07, 6.45) is 8.45. The molecule has 150 valence electrons. The minimum atomic E-state index is -0.0692. The van der Waals surface area contributed by atoms with Gasteiger partial charge in [-0.2, -0.15) is 5.10 Å². The molecule has 0 spiro atoms. The van der Waals surface area contributed by atoms with Gasteiger partial charge in [0.1, 0.15) is 0 Å². The van der Waals surface area contributed by atoms with E-state index in [1.165, 1.54) is 17.7 Å². The average molecular weight is 421 g/mol. The van der Waals surface area contributed by atoms with Crippen molar-refractivity contribution >= 4 is 29.9 Å². The number of benzene rings is 1. The van der Waals surface area contributed by atoms with Crippen LogP contribution in [0.25, 0.3) is 5.69 Å². The highest BCUT2D eigenvalue weighted by molar-refractivity contribution is 6.30. The van der Waals surface area contributed by atoms with E-state index in [2.05, 4.69) is 16.7 Å². The Morgan fingerprint density at radius 1 is 1.14 bits per heavy atom. The molecule has 5 nitrogen and oxygen atoms in total. The van der Waals surface area contributed by atoms with Gasteiger partial charge in [-0.25, -0.2) is 4.68 Å². The van der Waals surface area contributed by atoms with Gasteiger partial charge in [0.05, 0.1) is 5.69 Å². The first-order valence-corrected chi connectivity index (χ1v) is 10.1. The van der Waals surface area contributed by atoms with Gasteiger partial charge in [0.25, 0.3) is 5.91 Å². The molecule has 1 amide bonds. The lowest BCUT2D eigenvalue weighted by atomic mass is 10.1. The molecule has 0 bridgehead atoms. The maximum atomic E-state index is 12.9. The first-order chi connectivity index (χ1) is 13.2. The molecule has 2 aliphatic rings. The minimum Gasteiger partial charge on any atom is -0.347 e. The quantitative estimate of drug-likeness (QED) is 0.582. The molecule has 0 fully saturated rings. The van der Waals surface area contributed by atoms with Gasteiger partial charge in [-0.05, 0) is 62.9 Å². The van der Waals surface area contributed by atoms with Crippen LogP contribution in [0.2, 0.25) is 5.02 Å². The molecule has 2 heterocycles. The number of aromatic nitrogens is 2. The van der Waals surface area contributed by atoms with Crippen LogP contribution in [0.5, 0.6) is 0 Å². The van der Waals surface area contributed by atoms with Crippen LogP contribution in [0.4, 0.5) is 0 Å². The smallest absolute Gasteiger partial charge is 0.272 e. The monoisotopic (exact) mass is 420 g/mol. The number of fused-ring (bicyclic) bond motifs is 1. The van der Waals surface area contributed by atoms with Crippen LogP contribution in [0.15, 0.2) is 35.9 Å². The van der Waals surface area contributed by atoms with E-state index in [0.29, 0.717) is 17.3 Å². The molecular weight excluding hydrogens is 395 g/mol. The standard InChI is InChI=1S/C21H25ClN4O.ClH/c22-16-6-8-17(9-7-16)26-19-5-3-1-2-4-18(19)20(25-26)21(27)24-14-15-10-12-23-13-11-15;/h6-10,23H,1-5,11-14H2,(H,24,27);1H. The Balaban J connectivity index is 0.00000225. The molecule has 0 radical (unpaired) electrons. The summed E-state index contributed by atoms with van der Waals surface area (Å²) in [6.45, 7) is 2.46. The van der Waals surface area contributed by atoms with Crippen LogP contribution in [0.3, 0.4) is 0 Å². The molecule has 7 heteroatoms. The van der Waals surface area contributed by atoms with Crippen LogP contribution >= 0.6 is 24.0 Å². The first-order valence-electron chi connectivity index (χ1n) is 9.76. The maximum Gasteiger partial charge on any atom is 0.272 e. The second-order valence-electron chi connectivity index (χ2n) is 7.22. The topological polar surface area (TPSA) is 59.0 Å². The molecule has 1 aromatic heterocycles. The van der Waals surface area contributed by atoms with Crippen molar-refractivity contribution in [2.45, 2.75) is 38.5 Å². The number of carbonyl (C=O) groups excluding carboxylic acids is 1. The van der Waals surface area contributed by atoms with Crippen LogP contribution in [-0.2, 0) is 12.8 Å². The number of amides is 1. The highest BCUT2D eigenvalue weighted by Crippen LogP contribution is 2.27. The number of hydrogen-bond acceptors (Lipinski definition) is 3. The number of carbonyl (C=O) groups is 1. The Morgan fingerprint density at radius 3 is 2.68 bits per heavy atom. The molecular formula is C21H26Cl2N4O. The van der Waals surface area contributed by atoms with Crippen molar-refractivity contribution in [3.05, 3.63) is 57.9 Å². The fourth-order valence-corrected chi connectivity index (χ4v) is 3.99. The van der Waals surface area contributed by atoms with Crippen molar-refractivity contribution in [1.82, 2.24) is 20.4 Å². The third-order valence-electron chi connectivity index (χ3n) is 5.35. The molecule has 2 aromatic rings. The zero-order valence-corrected chi connectivity index (χ0v) is 17.4. The fourth-order valence-electron chi connectivity index (χ4n) is 3.86. The summed E-state index contributed by atoms with van der Waals surface area (Å²) in [6, 6.07) is 7.65. The third-order valence-corrected chi connectivity index (χ3v) is 5.60. The summed E-state index contributed by atoms with van der Waals surface area (Å²) in [4.78, 5) is 12.9. The van der Waals surface area contributed by atoms with E-state index < -0.39 is 0 Å². The van der Waals surface area contributed by atoms with Crippen molar-refractivity contribution in [3.63, 3.8) is 0 Å². The fraction of sp³-hybridized carbons (Fsp3) is 0.429. The molecule has 28 heavy (non-hydrogen) atoms. The maximum absolute atomic E-state index is 12.9. The Morgan fingerprint density at radius 2 is 1.93 bits per heavy atom. The second kappa shape index (κ2) is 9.59. The number of rotatable bonds is 4. The van der Waals surface area contributed by atoms with Gasteiger partial charge in [-0.3, -0.25) is 4.79 Å². The van der Waals surface area contributed by atoms with Crippen LogP contribution < -0.4 is 10.6 Å². The van der Waals surface area contributed by atoms with Crippen molar-refractivity contribution in [3.8, 4) is 5.69 Å². The number of halogens is 2.